The van der Waals surface area contributed by atoms with E-state index in [1.807, 2.05) is 0 Å². The molecule has 6 aromatic rings. The van der Waals surface area contributed by atoms with Gasteiger partial charge in [-0.05, 0) is 97.8 Å². The van der Waals surface area contributed by atoms with Crippen molar-refractivity contribution >= 4 is 99.9 Å². The summed E-state index contributed by atoms with van der Waals surface area (Å²) in [7, 11) is -6.61. The van der Waals surface area contributed by atoms with Crippen LogP contribution in [0.4, 0.5) is 11.9 Å². The van der Waals surface area contributed by atoms with Gasteiger partial charge in [-0.1, -0.05) is 68.0 Å². The molecular weight excluding hydrogens is 806 g/mol. The number of benzene rings is 4. The van der Waals surface area contributed by atoms with E-state index in [-0.39, 0.29) is 31.5 Å². The molecule has 0 bridgehead atoms. The van der Waals surface area contributed by atoms with E-state index in [0.717, 1.165) is 21.6 Å². The molecule has 0 spiro atoms. The first kappa shape index (κ1) is 36.3. The summed E-state index contributed by atoms with van der Waals surface area (Å²) in [6.45, 7) is 3.32. The van der Waals surface area contributed by atoms with Gasteiger partial charge in [0.25, 0.3) is 31.9 Å². The number of halogens is 4. The number of rotatable bonds is 11. The second kappa shape index (κ2) is 14.6. The first-order chi connectivity index (χ1) is 23.7. The molecule has 0 unspecified atom stereocenters. The molecule has 0 amide bonds. The number of nitrogens with zero attached hydrogens (tertiary/aromatic N) is 4. The lowest BCUT2D eigenvalue weighted by Gasteiger charge is -2.15. The number of hydrogen-bond donors (Lipinski definition) is 4. The van der Waals surface area contributed by atoms with Gasteiger partial charge in [0.05, 0.1) is 0 Å². The van der Waals surface area contributed by atoms with E-state index in [9.17, 15) is 16.8 Å². The van der Waals surface area contributed by atoms with Gasteiger partial charge in [0.15, 0.2) is 11.6 Å². The topological polar surface area (TPSA) is 175 Å². The van der Waals surface area contributed by atoms with Crippen LogP contribution in [-0.2, 0) is 20.0 Å². The fourth-order valence-corrected chi connectivity index (χ4v) is 10.6. The highest BCUT2D eigenvalue weighted by Gasteiger charge is 2.26. The van der Waals surface area contributed by atoms with Gasteiger partial charge in [-0.15, -0.1) is 10.2 Å². The maximum absolute atomic E-state index is 13.7. The number of anilines is 2. The highest BCUT2D eigenvalue weighted by molar-refractivity contribution is 8.76. The third kappa shape index (κ3) is 8.18. The first-order valence-electron chi connectivity index (χ1n) is 14.1. The second-order valence-electron chi connectivity index (χ2n) is 10.5. The zero-order chi connectivity index (χ0) is 35.8. The largest absolute Gasteiger partial charge is 0.265 e. The van der Waals surface area contributed by atoms with Gasteiger partial charge >= 0.3 is 0 Å². The zero-order valence-electron chi connectivity index (χ0n) is 25.5. The molecule has 0 aliphatic carbocycles. The summed E-state index contributed by atoms with van der Waals surface area (Å²) in [4.78, 5) is 8.66. The van der Waals surface area contributed by atoms with Crippen LogP contribution in [0.15, 0.2) is 92.4 Å². The molecule has 0 atom stereocenters. The van der Waals surface area contributed by atoms with Crippen LogP contribution in [-0.4, -0.2) is 47.2 Å². The van der Waals surface area contributed by atoms with Crippen LogP contribution in [0.5, 0.6) is 0 Å². The van der Waals surface area contributed by atoms with Gasteiger partial charge in [0.1, 0.15) is 9.79 Å². The van der Waals surface area contributed by atoms with Crippen LogP contribution in [0, 0.1) is 13.8 Å². The Hall–Kier alpha value is -3.48. The van der Waals surface area contributed by atoms with Crippen LogP contribution in [0.3, 0.4) is 0 Å². The second-order valence-corrected chi connectivity index (χ2v) is 17.7. The fraction of sp³-hybridized carbons (Fsp3) is 0.0667. The predicted molar refractivity (Wildman–Crippen MR) is 199 cm³/mol. The maximum atomic E-state index is 13.7. The molecule has 4 aromatic carbocycles. The van der Waals surface area contributed by atoms with Crippen molar-refractivity contribution in [3.05, 3.63) is 104 Å². The Morgan fingerprint density at radius 1 is 0.580 bits per heavy atom. The van der Waals surface area contributed by atoms with Crippen LogP contribution in [0.2, 0.25) is 20.1 Å². The molecular formula is C30H22Cl4N8O4S4. The minimum absolute atomic E-state index is 0.133. The number of aryl methyl sites for hydroxylation is 2. The molecule has 4 N–H and O–H groups in total. The van der Waals surface area contributed by atoms with Gasteiger partial charge in [-0.3, -0.25) is 10.2 Å². The van der Waals surface area contributed by atoms with Gasteiger partial charge < -0.3 is 0 Å². The Balaban J connectivity index is 1.27. The third-order valence-corrected chi connectivity index (χ3v) is 13.7. The molecule has 6 rings (SSSR count). The van der Waals surface area contributed by atoms with Gasteiger partial charge in [-0.25, -0.2) is 26.3 Å². The first-order valence-corrected chi connectivity index (χ1v) is 20.7. The Morgan fingerprint density at radius 3 is 1.30 bits per heavy atom. The molecule has 2 aromatic heterocycles. The standard InChI is InChI=1S/C30H22Cl4N8O4S4/c1-15-11-25(49(43,44)41-29-35-27(37-39-29)17-3-7-19(31)8-4-17)23(13-21(15)33)47-48-24-14-22(34)16(2)12-26(24)50(45,46)42-30-36-28(38-40-30)18-5-9-20(32)10-6-18/h3-14H,1-2H3,(H2,35,37,39,41)(H2,36,38,40,42). The van der Waals surface area contributed by atoms with Crippen LogP contribution in [0.25, 0.3) is 22.8 Å². The molecule has 2 heterocycles. The molecule has 12 nitrogen and oxygen atoms in total. The van der Waals surface area contributed by atoms with Crippen molar-refractivity contribution in [1.29, 1.82) is 0 Å². The molecule has 20 heteroatoms. The maximum Gasteiger partial charge on any atom is 0.265 e. The van der Waals surface area contributed by atoms with Crippen LogP contribution in [0.1, 0.15) is 11.1 Å². The van der Waals surface area contributed by atoms with E-state index in [1.54, 1.807) is 62.4 Å². The summed E-state index contributed by atoms with van der Waals surface area (Å²) in [5, 5.41) is 15.1. The number of nitrogens with one attached hydrogen (secondary N) is 4. The van der Waals surface area contributed by atoms with Crippen LogP contribution < -0.4 is 9.44 Å². The van der Waals surface area contributed by atoms with Crippen molar-refractivity contribution in [2.75, 3.05) is 9.44 Å². The smallest absolute Gasteiger partial charge is 0.257 e. The summed E-state index contributed by atoms with van der Waals surface area (Å²) >= 11 is 24.8. The lowest BCUT2D eigenvalue weighted by molar-refractivity contribution is 0.597. The average molecular weight is 829 g/mol. The quantitative estimate of drug-likeness (QED) is 0.0924. The Labute approximate surface area is 314 Å². The molecule has 0 aliphatic heterocycles. The van der Waals surface area contributed by atoms with Gasteiger partial charge in [-0.2, -0.15) is 9.97 Å². The predicted octanol–water partition coefficient (Wildman–Crippen LogP) is 8.89. The van der Waals surface area contributed by atoms with E-state index in [2.05, 4.69) is 39.8 Å². The minimum atomic E-state index is -4.27. The highest BCUT2D eigenvalue weighted by atomic mass is 35.5. The average Bonchev–Trinajstić information content (AvgIpc) is 3.72. The van der Waals surface area contributed by atoms with Gasteiger partial charge in [0, 0.05) is 41.0 Å². The SMILES string of the molecule is Cc1cc(S(=O)(=O)Nc2n[nH]c(-c3ccc(Cl)cc3)n2)c(SSc2cc(Cl)c(C)cc2S(=O)(=O)Nc2n[nH]c(-c3ccc(Cl)cc3)n2)cc1Cl. The Morgan fingerprint density at radius 2 is 0.940 bits per heavy atom. The molecule has 50 heavy (non-hydrogen) atoms. The molecule has 0 fully saturated rings. The molecule has 0 aliphatic rings. The van der Waals surface area contributed by atoms with E-state index < -0.39 is 20.0 Å². The normalized spacial score (nSPS) is 11.9. The number of aromatic nitrogens is 6. The summed E-state index contributed by atoms with van der Waals surface area (Å²) in [6.07, 6.45) is 0. The lowest BCUT2D eigenvalue weighted by Crippen LogP contribution is -2.15. The van der Waals surface area contributed by atoms with E-state index in [4.69, 9.17) is 46.4 Å². The summed E-state index contributed by atoms with van der Waals surface area (Å²) in [5.41, 5.74) is 2.27. The molecule has 0 radical (unpaired) electrons. The van der Waals surface area contributed by atoms with E-state index in [0.29, 0.717) is 54.0 Å². The third-order valence-electron chi connectivity index (χ3n) is 6.91. The van der Waals surface area contributed by atoms with E-state index in [1.165, 1.54) is 24.3 Å². The van der Waals surface area contributed by atoms with Crippen molar-refractivity contribution in [2.45, 2.75) is 33.4 Å². The molecule has 0 saturated carbocycles. The molecule has 258 valence electrons. The number of H-pyrrole nitrogens is 2. The minimum Gasteiger partial charge on any atom is -0.257 e. The van der Waals surface area contributed by atoms with Crippen LogP contribution >= 0.6 is 68.0 Å². The number of sulfonamides is 2. The van der Waals surface area contributed by atoms with E-state index >= 15 is 0 Å². The van der Waals surface area contributed by atoms with Gasteiger partial charge in [0.2, 0.25) is 0 Å². The number of hydrogen-bond acceptors (Lipinski definition) is 10. The summed E-state index contributed by atoms with van der Waals surface area (Å²) in [5.74, 6) is 0.257. The van der Waals surface area contributed by atoms with Crippen molar-refractivity contribution in [3.63, 3.8) is 0 Å². The van der Waals surface area contributed by atoms with Crippen molar-refractivity contribution in [3.8, 4) is 22.8 Å². The lowest BCUT2D eigenvalue weighted by atomic mass is 10.2. The number of aromatic amines is 2. The summed E-state index contributed by atoms with van der Waals surface area (Å²) < 4.78 is 59.6. The van der Waals surface area contributed by atoms with Crippen molar-refractivity contribution in [1.82, 2.24) is 30.4 Å². The highest BCUT2D eigenvalue weighted by Crippen LogP contribution is 2.45. The van der Waals surface area contributed by atoms with Crippen molar-refractivity contribution < 1.29 is 16.8 Å². The molecule has 0 saturated heterocycles. The zero-order valence-corrected chi connectivity index (χ0v) is 31.8. The summed E-state index contributed by atoms with van der Waals surface area (Å²) in [6, 6.07) is 19.3. The monoisotopic (exact) mass is 826 g/mol. The Kier molecular flexibility index (Phi) is 10.6. The van der Waals surface area contributed by atoms with Crippen molar-refractivity contribution in [2.24, 2.45) is 0 Å². The fourth-order valence-electron chi connectivity index (χ4n) is 4.35. The Bertz CT molecular complexity index is 2270.